The van der Waals surface area contributed by atoms with Crippen molar-refractivity contribution in [3.8, 4) is 16.2 Å². The molecule has 0 aliphatic rings. The SMILES string of the molecule is CC(C)(C)c1ccc(-c2cc3ccc(O)cc3s2)cc1. The highest BCUT2D eigenvalue weighted by molar-refractivity contribution is 7.22. The molecule has 1 aromatic heterocycles. The minimum Gasteiger partial charge on any atom is -0.508 e. The van der Waals surface area contributed by atoms with Gasteiger partial charge in [-0.2, -0.15) is 0 Å². The Bertz CT molecular complexity index is 745. The normalized spacial score (nSPS) is 11.9. The Kier molecular flexibility index (Phi) is 3.06. The van der Waals surface area contributed by atoms with Crippen molar-refractivity contribution in [2.24, 2.45) is 0 Å². The third kappa shape index (κ3) is 2.44. The molecule has 0 saturated heterocycles. The maximum Gasteiger partial charge on any atom is 0.117 e. The van der Waals surface area contributed by atoms with E-state index in [-0.39, 0.29) is 5.41 Å². The van der Waals surface area contributed by atoms with Crippen LogP contribution in [0.1, 0.15) is 26.3 Å². The fourth-order valence-electron chi connectivity index (χ4n) is 2.30. The Morgan fingerprint density at radius 3 is 2.25 bits per heavy atom. The number of benzene rings is 2. The second kappa shape index (κ2) is 4.64. The standard InChI is InChI=1S/C18H18OS/c1-18(2,3)14-7-4-12(5-8-14)16-10-13-6-9-15(19)11-17(13)20-16/h4-11,19H,1-3H3. The summed E-state index contributed by atoms with van der Waals surface area (Å²) < 4.78 is 1.12. The zero-order chi connectivity index (χ0) is 14.3. The second-order valence-electron chi connectivity index (χ2n) is 6.16. The number of thiophene rings is 1. The van der Waals surface area contributed by atoms with Crippen LogP contribution in [0, 0.1) is 0 Å². The first kappa shape index (κ1) is 13.2. The molecule has 102 valence electrons. The number of hydrogen-bond donors (Lipinski definition) is 1. The molecule has 0 unspecified atom stereocenters. The molecule has 0 bridgehead atoms. The highest BCUT2D eigenvalue weighted by Gasteiger charge is 2.13. The van der Waals surface area contributed by atoms with Gasteiger partial charge >= 0.3 is 0 Å². The summed E-state index contributed by atoms with van der Waals surface area (Å²) in [5.74, 6) is 0.328. The highest BCUT2D eigenvalue weighted by Crippen LogP contribution is 2.35. The summed E-state index contributed by atoms with van der Waals surface area (Å²) in [5, 5.41) is 10.7. The first-order valence-corrected chi connectivity index (χ1v) is 7.59. The fraction of sp³-hybridized carbons (Fsp3) is 0.222. The molecule has 0 spiro atoms. The maximum atomic E-state index is 9.54. The van der Waals surface area contributed by atoms with Crippen LogP contribution in [0.5, 0.6) is 5.75 Å². The number of rotatable bonds is 1. The molecule has 20 heavy (non-hydrogen) atoms. The predicted molar refractivity (Wildman–Crippen MR) is 87.6 cm³/mol. The van der Waals surface area contributed by atoms with Crippen LogP contribution in [0.25, 0.3) is 20.5 Å². The van der Waals surface area contributed by atoms with Crippen LogP contribution in [-0.4, -0.2) is 5.11 Å². The van der Waals surface area contributed by atoms with Crippen LogP contribution >= 0.6 is 11.3 Å². The molecule has 0 atom stereocenters. The van der Waals surface area contributed by atoms with E-state index in [1.807, 2.05) is 12.1 Å². The molecule has 0 aliphatic heterocycles. The van der Waals surface area contributed by atoms with Crippen molar-refractivity contribution in [1.29, 1.82) is 0 Å². The number of phenolic OH excluding ortho intramolecular Hbond substituents is 1. The summed E-state index contributed by atoms with van der Waals surface area (Å²) in [5.41, 5.74) is 2.77. The molecular formula is C18H18OS. The molecule has 1 heterocycles. The number of aromatic hydroxyl groups is 1. The van der Waals surface area contributed by atoms with Crippen LogP contribution in [0.2, 0.25) is 0 Å². The van der Waals surface area contributed by atoms with Gasteiger partial charge in [0, 0.05) is 9.58 Å². The molecule has 2 heteroatoms. The van der Waals surface area contributed by atoms with Crippen molar-refractivity contribution in [3.63, 3.8) is 0 Å². The second-order valence-corrected chi connectivity index (χ2v) is 7.24. The third-order valence-corrected chi connectivity index (χ3v) is 4.69. The lowest BCUT2D eigenvalue weighted by atomic mass is 9.86. The quantitative estimate of drug-likeness (QED) is 0.618. The van der Waals surface area contributed by atoms with Crippen molar-refractivity contribution in [2.45, 2.75) is 26.2 Å². The first-order chi connectivity index (χ1) is 9.43. The van der Waals surface area contributed by atoms with E-state index >= 15 is 0 Å². The van der Waals surface area contributed by atoms with Gasteiger partial charge in [-0.25, -0.2) is 0 Å². The van der Waals surface area contributed by atoms with E-state index < -0.39 is 0 Å². The molecule has 0 radical (unpaired) electrons. The maximum absolute atomic E-state index is 9.54. The Morgan fingerprint density at radius 2 is 1.60 bits per heavy atom. The van der Waals surface area contributed by atoms with Gasteiger partial charge in [-0.3, -0.25) is 0 Å². The Balaban J connectivity index is 2.02. The average Bonchev–Trinajstić information content (AvgIpc) is 2.80. The van der Waals surface area contributed by atoms with Gasteiger partial charge in [-0.15, -0.1) is 11.3 Å². The molecular weight excluding hydrogens is 264 g/mol. The lowest BCUT2D eigenvalue weighted by molar-refractivity contribution is 0.476. The molecule has 1 N–H and O–H groups in total. The third-order valence-electron chi connectivity index (χ3n) is 3.54. The van der Waals surface area contributed by atoms with E-state index in [0.29, 0.717) is 5.75 Å². The fourth-order valence-corrected chi connectivity index (χ4v) is 3.40. The molecule has 2 aromatic carbocycles. The van der Waals surface area contributed by atoms with Gasteiger partial charge < -0.3 is 5.11 Å². The van der Waals surface area contributed by atoms with E-state index in [4.69, 9.17) is 0 Å². The zero-order valence-electron chi connectivity index (χ0n) is 12.0. The van der Waals surface area contributed by atoms with Crippen LogP contribution in [0.15, 0.2) is 48.5 Å². The van der Waals surface area contributed by atoms with Crippen molar-refractivity contribution >= 4 is 21.4 Å². The van der Waals surface area contributed by atoms with Gasteiger partial charge in [0.05, 0.1) is 0 Å². The minimum absolute atomic E-state index is 0.185. The molecule has 0 fully saturated rings. The first-order valence-electron chi connectivity index (χ1n) is 6.77. The van der Waals surface area contributed by atoms with Gasteiger partial charge in [-0.1, -0.05) is 45.0 Å². The number of phenols is 1. The predicted octanol–water partition coefficient (Wildman–Crippen LogP) is 5.57. The Labute approximate surface area is 123 Å². The van der Waals surface area contributed by atoms with E-state index in [1.54, 1.807) is 17.4 Å². The lowest BCUT2D eigenvalue weighted by Crippen LogP contribution is -2.10. The Morgan fingerprint density at radius 1 is 0.900 bits per heavy atom. The summed E-state index contributed by atoms with van der Waals surface area (Å²) in [4.78, 5) is 1.24. The van der Waals surface area contributed by atoms with Crippen LogP contribution in [0.3, 0.4) is 0 Å². The van der Waals surface area contributed by atoms with Crippen molar-refractivity contribution in [1.82, 2.24) is 0 Å². The summed E-state index contributed by atoms with van der Waals surface area (Å²) in [6.07, 6.45) is 0. The van der Waals surface area contributed by atoms with E-state index in [1.165, 1.54) is 21.4 Å². The minimum atomic E-state index is 0.185. The van der Waals surface area contributed by atoms with Crippen LogP contribution in [-0.2, 0) is 5.41 Å². The van der Waals surface area contributed by atoms with Gasteiger partial charge in [-0.05, 0) is 46.2 Å². The van der Waals surface area contributed by atoms with E-state index in [2.05, 4.69) is 51.1 Å². The molecule has 3 rings (SSSR count). The molecule has 3 aromatic rings. The van der Waals surface area contributed by atoms with Crippen molar-refractivity contribution in [2.75, 3.05) is 0 Å². The Hall–Kier alpha value is -1.80. The van der Waals surface area contributed by atoms with Gasteiger partial charge in [0.25, 0.3) is 0 Å². The van der Waals surface area contributed by atoms with Crippen LogP contribution < -0.4 is 0 Å². The summed E-state index contributed by atoms with van der Waals surface area (Å²) in [7, 11) is 0. The number of hydrogen-bond acceptors (Lipinski definition) is 2. The summed E-state index contributed by atoms with van der Waals surface area (Å²) in [6.45, 7) is 6.68. The topological polar surface area (TPSA) is 20.2 Å². The zero-order valence-corrected chi connectivity index (χ0v) is 12.8. The average molecular weight is 282 g/mol. The van der Waals surface area contributed by atoms with Crippen LogP contribution in [0.4, 0.5) is 0 Å². The van der Waals surface area contributed by atoms with Gasteiger partial charge in [0.2, 0.25) is 0 Å². The van der Waals surface area contributed by atoms with Crippen molar-refractivity contribution < 1.29 is 5.11 Å². The van der Waals surface area contributed by atoms with E-state index in [0.717, 1.165) is 4.70 Å². The summed E-state index contributed by atoms with van der Waals surface area (Å²) in [6, 6.07) is 16.5. The monoisotopic (exact) mass is 282 g/mol. The molecule has 0 saturated carbocycles. The molecule has 1 nitrogen and oxygen atoms in total. The van der Waals surface area contributed by atoms with Crippen molar-refractivity contribution in [3.05, 3.63) is 54.1 Å². The number of fused-ring (bicyclic) bond motifs is 1. The van der Waals surface area contributed by atoms with Gasteiger partial charge in [0.15, 0.2) is 0 Å². The summed E-state index contributed by atoms with van der Waals surface area (Å²) >= 11 is 1.72. The lowest BCUT2D eigenvalue weighted by Gasteiger charge is -2.18. The highest BCUT2D eigenvalue weighted by atomic mass is 32.1. The van der Waals surface area contributed by atoms with Gasteiger partial charge in [0.1, 0.15) is 5.75 Å². The van der Waals surface area contributed by atoms with E-state index in [9.17, 15) is 5.11 Å². The smallest absolute Gasteiger partial charge is 0.117 e. The largest absolute Gasteiger partial charge is 0.508 e. The molecule has 0 aliphatic carbocycles. The molecule has 0 amide bonds.